The summed E-state index contributed by atoms with van der Waals surface area (Å²) in [5, 5.41) is 6.65. The van der Waals surface area contributed by atoms with Gasteiger partial charge in [-0.05, 0) is 37.0 Å². The van der Waals surface area contributed by atoms with Crippen LogP contribution in [0.4, 0.5) is 13.2 Å². The predicted octanol–water partition coefficient (Wildman–Crippen LogP) is 4.94. The van der Waals surface area contributed by atoms with Gasteiger partial charge in [0.25, 0.3) is 0 Å². The highest BCUT2D eigenvalue weighted by atomic mass is 32.1. The number of amides is 1. The standard InChI is InChI=1S/C25H26F3N5O2S/c1-2-18-12-22(25(26,27)28)30-33(18)14-23(34)32-10-8-17(9-11-32)24-29-20(15-36-24)19-13-21(35-31-19)16-6-4-3-5-7-16/h3-7,12-13,15,17,21,31H,2,8-11,14H2,1H3. The van der Waals surface area contributed by atoms with E-state index >= 15 is 0 Å². The van der Waals surface area contributed by atoms with Crippen LogP contribution in [0, 0.1) is 0 Å². The first kappa shape index (κ1) is 24.5. The maximum Gasteiger partial charge on any atom is 0.435 e. The summed E-state index contributed by atoms with van der Waals surface area (Å²) in [5.41, 5.74) is 5.14. The minimum Gasteiger partial charge on any atom is -0.341 e. The van der Waals surface area contributed by atoms with Gasteiger partial charge in [0, 0.05) is 30.1 Å². The minimum absolute atomic E-state index is 0.171. The van der Waals surface area contributed by atoms with Crippen LogP contribution < -0.4 is 5.48 Å². The molecule has 2 aliphatic heterocycles. The molecule has 1 unspecified atom stereocenters. The molecule has 1 N–H and O–H groups in total. The first-order valence-electron chi connectivity index (χ1n) is 11.9. The number of thiazole rings is 1. The number of hydrogen-bond acceptors (Lipinski definition) is 6. The fourth-order valence-corrected chi connectivity index (χ4v) is 5.50. The Kier molecular flexibility index (Phi) is 6.85. The van der Waals surface area contributed by atoms with Crippen LogP contribution in [0.2, 0.25) is 0 Å². The predicted molar refractivity (Wildman–Crippen MR) is 129 cm³/mol. The molecule has 3 aromatic rings. The maximum absolute atomic E-state index is 13.0. The molecular weight excluding hydrogens is 491 g/mol. The van der Waals surface area contributed by atoms with Crippen molar-refractivity contribution in [2.75, 3.05) is 13.1 Å². The molecular formula is C25H26F3N5O2S. The molecule has 0 saturated carbocycles. The van der Waals surface area contributed by atoms with E-state index in [9.17, 15) is 18.0 Å². The summed E-state index contributed by atoms with van der Waals surface area (Å²) >= 11 is 1.59. The molecule has 1 atom stereocenters. The molecule has 4 heterocycles. The number of nitrogens with one attached hydrogen (secondary N) is 1. The highest BCUT2D eigenvalue weighted by Crippen LogP contribution is 2.34. The molecule has 1 fully saturated rings. The SMILES string of the molecule is CCc1cc(C(F)(F)F)nn1CC(=O)N1CCC(c2nc(C3=CC(c4ccccc4)ON3)cs2)CC1. The summed E-state index contributed by atoms with van der Waals surface area (Å²) in [7, 11) is 0. The van der Waals surface area contributed by atoms with Crippen molar-refractivity contribution in [3.05, 3.63) is 75.5 Å². The summed E-state index contributed by atoms with van der Waals surface area (Å²) in [5.74, 6) is 0.0117. The molecule has 0 radical (unpaired) electrons. The van der Waals surface area contributed by atoms with Crippen LogP contribution in [-0.4, -0.2) is 38.7 Å². The van der Waals surface area contributed by atoms with Gasteiger partial charge in [0.2, 0.25) is 5.91 Å². The molecule has 0 bridgehead atoms. The summed E-state index contributed by atoms with van der Waals surface area (Å²) in [6.07, 6.45) is -0.811. The molecule has 2 aromatic heterocycles. The van der Waals surface area contributed by atoms with Crippen molar-refractivity contribution in [1.82, 2.24) is 25.1 Å². The second-order valence-electron chi connectivity index (χ2n) is 8.89. The minimum atomic E-state index is -4.53. The van der Waals surface area contributed by atoms with Gasteiger partial charge < -0.3 is 4.90 Å². The molecule has 1 aromatic carbocycles. The molecule has 5 rings (SSSR count). The highest BCUT2D eigenvalue weighted by Gasteiger charge is 2.35. The van der Waals surface area contributed by atoms with Gasteiger partial charge in [0.1, 0.15) is 12.6 Å². The molecule has 7 nitrogen and oxygen atoms in total. The molecule has 0 spiro atoms. The number of hydrogen-bond donors (Lipinski definition) is 1. The Bertz CT molecular complexity index is 1250. The molecule has 2 aliphatic rings. The van der Waals surface area contributed by atoms with Crippen molar-refractivity contribution in [1.29, 1.82) is 0 Å². The number of benzene rings is 1. The average Bonchev–Trinajstić information content (AvgIpc) is 3.63. The van der Waals surface area contributed by atoms with Gasteiger partial charge >= 0.3 is 6.18 Å². The number of hydroxylamine groups is 1. The van der Waals surface area contributed by atoms with Crippen LogP contribution in [0.3, 0.4) is 0 Å². The average molecular weight is 518 g/mol. The lowest BCUT2D eigenvalue weighted by Crippen LogP contribution is -2.40. The van der Waals surface area contributed by atoms with Crippen LogP contribution >= 0.6 is 11.3 Å². The lowest BCUT2D eigenvalue weighted by Gasteiger charge is -2.31. The van der Waals surface area contributed by atoms with Crippen LogP contribution in [-0.2, 0) is 28.8 Å². The monoisotopic (exact) mass is 517 g/mol. The Morgan fingerprint density at radius 1 is 1.22 bits per heavy atom. The quantitative estimate of drug-likeness (QED) is 0.501. The lowest BCUT2D eigenvalue weighted by atomic mass is 9.97. The lowest BCUT2D eigenvalue weighted by molar-refractivity contribution is -0.142. The summed E-state index contributed by atoms with van der Waals surface area (Å²) in [6.45, 7) is 2.63. The van der Waals surface area contributed by atoms with Crippen LogP contribution in [0.5, 0.6) is 0 Å². The van der Waals surface area contributed by atoms with E-state index in [1.54, 1.807) is 23.2 Å². The number of halogens is 3. The van der Waals surface area contributed by atoms with Crippen molar-refractivity contribution in [3.8, 4) is 0 Å². The summed E-state index contributed by atoms with van der Waals surface area (Å²) in [6, 6.07) is 10.9. The number of carbonyl (C=O) groups is 1. The van der Waals surface area contributed by atoms with Crippen molar-refractivity contribution in [2.24, 2.45) is 0 Å². The van der Waals surface area contributed by atoms with E-state index in [1.165, 1.54) is 4.68 Å². The van der Waals surface area contributed by atoms with E-state index in [0.717, 1.165) is 40.9 Å². The number of aryl methyl sites for hydroxylation is 1. The molecule has 0 aliphatic carbocycles. The van der Waals surface area contributed by atoms with E-state index in [2.05, 4.69) is 10.6 Å². The highest BCUT2D eigenvalue weighted by molar-refractivity contribution is 7.09. The second kappa shape index (κ2) is 10.1. The third kappa shape index (κ3) is 5.17. The Labute approximate surface area is 210 Å². The number of rotatable bonds is 6. The van der Waals surface area contributed by atoms with Gasteiger partial charge in [0.15, 0.2) is 5.69 Å². The van der Waals surface area contributed by atoms with Crippen molar-refractivity contribution in [3.63, 3.8) is 0 Å². The molecule has 1 saturated heterocycles. The molecule has 190 valence electrons. The zero-order valence-corrected chi connectivity index (χ0v) is 20.5. The van der Waals surface area contributed by atoms with Gasteiger partial charge in [-0.15, -0.1) is 11.3 Å². The first-order valence-corrected chi connectivity index (χ1v) is 12.8. The largest absolute Gasteiger partial charge is 0.435 e. The Morgan fingerprint density at radius 2 is 1.97 bits per heavy atom. The number of piperidine rings is 1. The second-order valence-corrected chi connectivity index (χ2v) is 9.78. The van der Waals surface area contributed by atoms with Gasteiger partial charge in [-0.1, -0.05) is 37.3 Å². The molecule has 1 amide bonds. The van der Waals surface area contributed by atoms with Gasteiger partial charge in [0.05, 0.1) is 16.4 Å². The van der Waals surface area contributed by atoms with Crippen molar-refractivity contribution < 1.29 is 22.8 Å². The Balaban J connectivity index is 1.18. The maximum atomic E-state index is 13.0. The van der Waals surface area contributed by atoms with E-state index in [0.29, 0.717) is 25.2 Å². The van der Waals surface area contributed by atoms with Gasteiger partial charge in [-0.2, -0.15) is 18.3 Å². The third-order valence-electron chi connectivity index (χ3n) is 6.54. The molecule has 36 heavy (non-hydrogen) atoms. The smallest absolute Gasteiger partial charge is 0.341 e. The number of likely N-dealkylation sites (tertiary alicyclic amines) is 1. The van der Waals surface area contributed by atoms with Crippen molar-refractivity contribution >= 4 is 22.9 Å². The zero-order valence-electron chi connectivity index (χ0n) is 19.7. The summed E-state index contributed by atoms with van der Waals surface area (Å²) in [4.78, 5) is 25.0. The number of carbonyl (C=O) groups excluding carboxylic acids is 1. The number of aromatic nitrogens is 3. The van der Waals surface area contributed by atoms with Gasteiger partial charge in [-0.25, -0.2) is 4.98 Å². The fourth-order valence-electron chi connectivity index (χ4n) is 4.51. The van der Waals surface area contributed by atoms with E-state index < -0.39 is 11.9 Å². The Hall–Kier alpha value is -3.18. The van der Waals surface area contributed by atoms with Crippen LogP contribution in [0.1, 0.15) is 59.4 Å². The third-order valence-corrected chi connectivity index (χ3v) is 7.55. The number of nitrogens with zero attached hydrogens (tertiary/aromatic N) is 4. The molecule has 11 heteroatoms. The zero-order chi connectivity index (χ0) is 25.3. The van der Waals surface area contributed by atoms with Crippen molar-refractivity contribution in [2.45, 2.75) is 50.9 Å². The van der Waals surface area contributed by atoms with Crippen LogP contribution in [0.25, 0.3) is 5.70 Å². The topological polar surface area (TPSA) is 72.3 Å². The number of alkyl halides is 3. The van der Waals surface area contributed by atoms with Gasteiger partial charge in [-0.3, -0.25) is 19.8 Å². The Morgan fingerprint density at radius 3 is 2.67 bits per heavy atom. The normalized spacial score (nSPS) is 18.8. The summed E-state index contributed by atoms with van der Waals surface area (Å²) < 4.78 is 40.2. The van der Waals surface area contributed by atoms with E-state index in [1.807, 2.05) is 41.8 Å². The van der Waals surface area contributed by atoms with Crippen LogP contribution in [0.15, 0.2) is 47.9 Å². The first-order chi connectivity index (χ1) is 17.3. The van der Waals surface area contributed by atoms with E-state index in [-0.39, 0.29) is 24.5 Å². The fraction of sp³-hybridized carbons (Fsp3) is 0.400. The van der Waals surface area contributed by atoms with E-state index in [4.69, 9.17) is 9.82 Å².